The fourth-order valence-electron chi connectivity index (χ4n) is 1.23. The summed E-state index contributed by atoms with van der Waals surface area (Å²) < 4.78 is 0. The lowest BCUT2D eigenvalue weighted by Crippen LogP contribution is -2.15. The second-order valence-corrected chi connectivity index (χ2v) is 4.81. The number of aryl methyl sites for hydroxylation is 1. The van der Waals surface area contributed by atoms with E-state index in [4.69, 9.17) is 0 Å². The molecule has 0 aromatic carbocycles. The van der Waals surface area contributed by atoms with Crippen molar-refractivity contribution in [3.05, 3.63) is 23.8 Å². The lowest BCUT2D eigenvalue weighted by atomic mass is 9.92. The van der Waals surface area contributed by atoms with E-state index in [1.54, 1.807) is 13.1 Å². The molecule has 0 aliphatic heterocycles. The predicted octanol–water partition coefficient (Wildman–Crippen LogP) is 2.30. The molecule has 0 aliphatic carbocycles. The smallest absolute Gasteiger partial charge is 0.130 e. The standard InChI is InChI=1S/C12H18N2O/c1-9(15)5-6-11-13-8-7-10(14-11)12(2,3)4/h7-8H,5-6H2,1-4H3. The van der Waals surface area contributed by atoms with Gasteiger partial charge in [-0.1, -0.05) is 20.8 Å². The van der Waals surface area contributed by atoms with Crippen LogP contribution in [0.2, 0.25) is 0 Å². The zero-order chi connectivity index (χ0) is 11.5. The Hall–Kier alpha value is -1.25. The summed E-state index contributed by atoms with van der Waals surface area (Å²) in [7, 11) is 0. The molecule has 0 atom stereocenters. The summed E-state index contributed by atoms with van der Waals surface area (Å²) in [4.78, 5) is 19.5. The Bertz CT molecular complexity index is 353. The summed E-state index contributed by atoms with van der Waals surface area (Å²) in [5.41, 5.74) is 1.06. The summed E-state index contributed by atoms with van der Waals surface area (Å²) in [6.45, 7) is 7.94. The molecular formula is C12H18N2O. The quantitative estimate of drug-likeness (QED) is 0.762. The van der Waals surface area contributed by atoms with E-state index in [0.29, 0.717) is 12.8 Å². The molecule has 0 amide bonds. The normalized spacial score (nSPS) is 11.5. The molecule has 0 saturated carbocycles. The van der Waals surface area contributed by atoms with Crippen LogP contribution in [0.1, 0.15) is 45.6 Å². The molecule has 3 heteroatoms. The number of hydrogen-bond donors (Lipinski definition) is 0. The Morgan fingerprint density at radius 2 is 2.07 bits per heavy atom. The topological polar surface area (TPSA) is 42.9 Å². The molecule has 0 radical (unpaired) electrons. The van der Waals surface area contributed by atoms with Crippen LogP contribution in [0.15, 0.2) is 12.3 Å². The molecule has 0 fully saturated rings. The van der Waals surface area contributed by atoms with Crippen molar-refractivity contribution in [1.29, 1.82) is 0 Å². The van der Waals surface area contributed by atoms with Gasteiger partial charge in [0.05, 0.1) is 0 Å². The van der Waals surface area contributed by atoms with Crippen LogP contribution in [0.4, 0.5) is 0 Å². The highest BCUT2D eigenvalue weighted by molar-refractivity contribution is 5.75. The van der Waals surface area contributed by atoms with Gasteiger partial charge in [0, 0.05) is 30.1 Å². The molecule has 82 valence electrons. The van der Waals surface area contributed by atoms with E-state index in [2.05, 4.69) is 30.7 Å². The maximum atomic E-state index is 10.8. The molecule has 0 bridgehead atoms. The minimum absolute atomic E-state index is 0.0356. The summed E-state index contributed by atoms with van der Waals surface area (Å²) in [5, 5.41) is 0. The average Bonchev–Trinajstić information content (AvgIpc) is 2.14. The first kappa shape index (κ1) is 11.8. The average molecular weight is 206 g/mol. The highest BCUT2D eigenvalue weighted by Crippen LogP contribution is 2.19. The van der Waals surface area contributed by atoms with E-state index in [1.165, 1.54) is 0 Å². The molecule has 0 aliphatic rings. The van der Waals surface area contributed by atoms with Gasteiger partial charge in [0.25, 0.3) is 0 Å². The Morgan fingerprint density at radius 1 is 1.40 bits per heavy atom. The number of ketones is 1. The maximum Gasteiger partial charge on any atom is 0.130 e. The number of carbonyl (C=O) groups is 1. The van der Waals surface area contributed by atoms with Gasteiger partial charge in [-0.05, 0) is 13.0 Å². The van der Waals surface area contributed by atoms with Crippen LogP contribution in [0.5, 0.6) is 0 Å². The second kappa shape index (κ2) is 4.51. The van der Waals surface area contributed by atoms with Crippen molar-refractivity contribution >= 4 is 5.78 Å². The fraction of sp³-hybridized carbons (Fsp3) is 0.583. The number of hydrogen-bond acceptors (Lipinski definition) is 3. The maximum absolute atomic E-state index is 10.8. The van der Waals surface area contributed by atoms with Gasteiger partial charge in [-0.2, -0.15) is 0 Å². The Balaban J connectivity index is 2.79. The number of nitrogens with zero attached hydrogens (tertiary/aromatic N) is 2. The molecule has 1 rings (SSSR count). The van der Waals surface area contributed by atoms with Crippen LogP contribution < -0.4 is 0 Å². The van der Waals surface area contributed by atoms with Crippen LogP contribution in [-0.4, -0.2) is 15.8 Å². The predicted molar refractivity (Wildman–Crippen MR) is 59.7 cm³/mol. The number of aromatic nitrogens is 2. The minimum Gasteiger partial charge on any atom is -0.300 e. The molecule has 15 heavy (non-hydrogen) atoms. The molecule has 0 N–H and O–H groups in total. The van der Waals surface area contributed by atoms with E-state index in [9.17, 15) is 4.79 Å². The lowest BCUT2D eigenvalue weighted by Gasteiger charge is -2.17. The number of carbonyl (C=O) groups excluding carboxylic acids is 1. The van der Waals surface area contributed by atoms with E-state index >= 15 is 0 Å². The molecule has 3 nitrogen and oxygen atoms in total. The van der Waals surface area contributed by atoms with Crippen molar-refractivity contribution in [1.82, 2.24) is 9.97 Å². The monoisotopic (exact) mass is 206 g/mol. The molecule has 1 heterocycles. The first-order valence-corrected chi connectivity index (χ1v) is 5.21. The Morgan fingerprint density at radius 3 is 2.60 bits per heavy atom. The highest BCUT2D eigenvalue weighted by atomic mass is 16.1. The van der Waals surface area contributed by atoms with Crippen molar-refractivity contribution in [2.45, 2.75) is 46.0 Å². The highest BCUT2D eigenvalue weighted by Gasteiger charge is 2.15. The van der Waals surface area contributed by atoms with Crippen LogP contribution in [-0.2, 0) is 16.6 Å². The van der Waals surface area contributed by atoms with Crippen molar-refractivity contribution in [2.24, 2.45) is 0 Å². The van der Waals surface area contributed by atoms with Crippen molar-refractivity contribution in [3.63, 3.8) is 0 Å². The molecule has 0 saturated heterocycles. The second-order valence-electron chi connectivity index (χ2n) is 4.81. The van der Waals surface area contributed by atoms with E-state index < -0.39 is 0 Å². The molecule has 0 spiro atoms. The van der Waals surface area contributed by atoms with Crippen LogP contribution in [0.3, 0.4) is 0 Å². The molecule has 1 aromatic rings. The Kier molecular flexibility index (Phi) is 3.56. The zero-order valence-corrected chi connectivity index (χ0v) is 9.87. The number of rotatable bonds is 3. The van der Waals surface area contributed by atoms with Gasteiger partial charge in [-0.15, -0.1) is 0 Å². The van der Waals surface area contributed by atoms with Crippen LogP contribution >= 0.6 is 0 Å². The van der Waals surface area contributed by atoms with Gasteiger partial charge in [0.15, 0.2) is 0 Å². The molecule has 1 aromatic heterocycles. The van der Waals surface area contributed by atoms with E-state index in [-0.39, 0.29) is 11.2 Å². The molecule has 0 unspecified atom stereocenters. The van der Waals surface area contributed by atoms with Crippen LogP contribution in [0.25, 0.3) is 0 Å². The lowest BCUT2D eigenvalue weighted by molar-refractivity contribution is -0.117. The van der Waals surface area contributed by atoms with Gasteiger partial charge in [0.2, 0.25) is 0 Å². The fourth-order valence-corrected chi connectivity index (χ4v) is 1.23. The van der Waals surface area contributed by atoms with Gasteiger partial charge >= 0.3 is 0 Å². The number of Topliss-reactive ketones (excluding diaryl/α,β-unsaturated/α-hetero) is 1. The van der Waals surface area contributed by atoms with Crippen molar-refractivity contribution in [2.75, 3.05) is 0 Å². The summed E-state index contributed by atoms with van der Waals surface area (Å²) in [6, 6.07) is 1.93. The summed E-state index contributed by atoms with van der Waals surface area (Å²) in [5.74, 6) is 0.942. The molecular weight excluding hydrogens is 188 g/mol. The van der Waals surface area contributed by atoms with Gasteiger partial charge in [0.1, 0.15) is 11.6 Å². The van der Waals surface area contributed by atoms with Crippen LogP contribution in [0, 0.1) is 0 Å². The summed E-state index contributed by atoms with van der Waals surface area (Å²) >= 11 is 0. The van der Waals surface area contributed by atoms with Crippen molar-refractivity contribution in [3.8, 4) is 0 Å². The first-order valence-electron chi connectivity index (χ1n) is 5.21. The van der Waals surface area contributed by atoms with E-state index in [0.717, 1.165) is 11.5 Å². The van der Waals surface area contributed by atoms with Crippen molar-refractivity contribution < 1.29 is 4.79 Å². The minimum atomic E-state index is 0.0356. The summed E-state index contributed by atoms with van der Waals surface area (Å²) in [6.07, 6.45) is 2.93. The Labute approximate surface area is 91.0 Å². The first-order chi connectivity index (χ1) is 6.89. The third-order valence-corrected chi connectivity index (χ3v) is 2.17. The zero-order valence-electron chi connectivity index (χ0n) is 9.87. The third-order valence-electron chi connectivity index (χ3n) is 2.17. The van der Waals surface area contributed by atoms with Gasteiger partial charge in [-0.3, -0.25) is 0 Å². The third kappa shape index (κ3) is 3.78. The van der Waals surface area contributed by atoms with Gasteiger partial charge < -0.3 is 4.79 Å². The van der Waals surface area contributed by atoms with Gasteiger partial charge in [-0.25, -0.2) is 9.97 Å². The van der Waals surface area contributed by atoms with E-state index in [1.807, 2.05) is 6.07 Å². The largest absolute Gasteiger partial charge is 0.300 e. The SMILES string of the molecule is CC(=O)CCc1nccc(C(C)(C)C)n1.